The molecule has 31 heavy (non-hydrogen) atoms. The van der Waals surface area contributed by atoms with E-state index in [0.717, 1.165) is 11.1 Å². The molecule has 0 aliphatic carbocycles. The SMILES string of the molecule is C=NC1(NCc2ccccc2)C(SC(F)(F)F)=C(C#N)NN1c1c(Cl)cc(C)cc1Cl. The van der Waals surface area contributed by atoms with Crippen LogP contribution in [-0.4, -0.2) is 18.0 Å². The maximum atomic E-state index is 13.4. The summed E-state index contributed by atoms with van der Waals surface area (Å²) in [7, 11) is 0. The maximum Gasteiger partial charge on any atom is 0.446 e. The van der Waals surface area contributed by atoms with Gasteiger partial charge in [0.1, 0.15) is 11.8 Å². The normalized spacial score (nSPS) is 18.7. The van der Waals surface area contributed by atoms with Gasteiger partial charge in [-0.1, -0.05) is 53.5 Å². The number of nitrogens with one attached hydrogen (secondary N) is 2. The molecule has 0 fully saturated rings. The van der Waals surface area contributed by atoms with Crippen molar-refractivity contribution in [1.82, 2.24) is 10.7 Å². The number of halogens is 5. The van der Waals surface area contributed by atoms with Gasteiger partial charge < -0.3 is 0 Å². The lowest BCUT2D eigenvalue weighted by molar-refractivity contribution is -0.0324. The lowest BCUT2D eigenvalue weighted by atomic mass is 10.1. The Kier molecular flexibility index (Phi) is 6.76. The molecular weight excluding hydrogens is 470 g/mol. The van der Waals surface area contributed by atoms with Crippen molar-refractivity contribution in [2.24, 2.45) is 4.99 Å². The molecule has 2 aromatic rings. The van der Waals surface area contributed by atoms with Gasteiger partial charge in [-0.3, -0.25) is 15.7 Å². The van der Waals surface area contributed by atoms with Crippen LogP contribution in [-0.2, 0) is 6.54 Å². The number of rotatable bonds is 6. The first-order valence-electron chi connectivity index (χ1n) is 8.81. The predicted molar refractivity (Wildman–Crippen MR) is 119 cm³/mol. The Morgan fingerprint density at radius 1 is 1.26 bits per heavy atom. The van der Waals surface area contributed by atoms with Gasteiger partial charge in [-0.25, -0.2) is 5.01 Å². The number of nitrogens with zero attached hydrogens (tertiary/aromatic N) is 3. The van der Waals surface area contributed by atoms with Crippen molar-refractivity contribution in [2.75, 3.05) is 5.01 Å². The van der Waals surface area contributed by atoms with Crippen molar-refractivity contribution in [3.8, 4) is 6.07 Å². The number of alkyl halides is 3. The Labute approximate surface area is 191 Å². The predicted octanol–water partition coefficient (Wildman–Crippen LogP) is 5.76. The van der Waals surface area contributed by atoms with Gasteiger partial charge in [0, 0.05) is 6.54 Å². The van der Waals surface area contributed by atoms with E-state index in [0.29, 0.717) is 0 Å². The molecule has 5 nitrogen and oxygen atoms in total. The number of anilines is 1. The average Bonchev–Trinajstić information content (AvgIpc) is 2.98. The van der Waals surface area contributed by atoms with E-state index in [4.69, 9.17) is 23.2 Å². The second kappa shape index (κ2) is 9.01. The van der Waals surface area contributed by atoms with Gasteiger partial charge in [0.15, 0.2) is 0 Å². The van der Waals surface area contributed by atoms with Crippen molar-refractivity contribution >= 4 is 47.4 Å². The van der Waals surface area contributed by atoms with Crippen molar-refractivity contribution in [3.63, 3.8) is 0 Å². The van der Waals surface area contributed by atoms with E-state index in [9.17, 15) is 18.4 Å². The Balaban J connectivity index is 2.16. The van der Waals surface area contributed by atoms with E-state index >= 15 is 0 Å². The summed E-state index contributed by atoms with van der Waals surface area (Å²) in [6.45, 7) is 5.42. The van der Waals surface area contributed by atoms with Crippen LogP contribution in [0.25, 0.3) is 0 Å². The minimum atomic E-state index is -4.68. The first-order chi connectivity index (χ1) is 14.6. The number of aliphatic imine (C=N–C) groups is 1. The summed E-state index contributed by atoms with van der Waals surface area (Å²) in [6.07, 6.45) is 0. The van der Waals surface area contributed by atoms with Crippen LogP contribution in [0.15, 0.2) is 58.1 Å². The highest BCUT2D eigenvalue weighted by atomic mass is 35.5. The van der Waals surface area contributed by atoms with Crippen molar-refractivity contribution in [3.05, 3.63) is 74.2 Å². The number of thioether (sulfide) groups is 1. The minimum Gasteiger partial charge on any atom is -0.284 e. The molecular formula is C20H16Cl2F3N5S. The maximum absolute atomic E-state index is 13.4. The molecule has 0 amide bonds. The van der Waals surface area contributed by atoms with Crippen LogP contribution in [0.1, 0.15) is 11.1 Å². The highest BCUT2D eigenvalue weighted by Crippen LogP contribution is 2.50. The van der Waals surface area contributed by atoms with Crippen molar-refractivity contribution in [2.45, 2.75) is 24.8 Å². The standard InChI is InChI=1S/C20H16Cl2F3N5S/c1-12-8-14(21)17(15(22)9-12)30-19(27-2,28-11-13-6-4-3-5-7-13)18(16(10-26)29-30)31-20(23,24)25/h3-9,28-29H,2,11H2,1H3. The van der Waals surface area contributed by atoms with Crippen LogP contribution >= 0.6 is 35.0 Å². The summed E-state index contributed by atoms with van der Waals surface area (Å²) in [5.74, 6) is -1.90. The Bertz CT molecular complexity index is 1050. The van der Waals surface area contributed by atoms with E-state index in [1.165, 1.54) is 5.01 Å². The van der Waals surface area contributed by atoms with Gasteiger partial charge >= 0.3 is 5.51 Å². The van der Waals surface area contributed by atoms with Crippen LogP contribution in [0.4, 0.5) is 18.9 Å². The Morgan fingerprint density at radius 2 is 1.87 bits per heavy atom. The van der Waals surface area contributed by atoms with Crippen molar-refractivity contribution < 1.29 is 13.2 Å². The van der Waals surface area contributed by atoms with Crippen LogP contribution < -0.4 is 15.8 Å². The molecule has 3 rings (SSSR count). The topological polar surface area (TPSA) is 63.5 Å². The van der Waals surface area contributed by atoms with E-state index < -0.39 is 28.0 Å². The largest absolute Gasteiger partial charge is 0.446 e. The molecule has 1 unspecified atom stereocenters. The molecule has 11 heteroatoms. The molecule has 1 aliphatic rings. The minimum absolute atomic E-state index is 0.125. The lowest BCUT2D eigenvalue weighted by Crippen LogP contribution is -2.59. The molecule has 0 saturated heterocycles. The quantitative estimate of drug-likeness (QED) is 0.509. The monoisotopic (exact) mass is 485 g/mol. The summed E-state index contributed by atoms with van der Waals surface area (Å²) in [6, 6.07) is 14.0. The zero-order valence-corrected chi connectivity index (χ0v) is 18.4. The average molecular weight is 486 g/mol. The number of aryl methyl sites for hydroxylation is 1. The molecule has 1 atom stereocenters. The number of hydrogen-bond acceptors (Lipinski definition) is 6. The molecule has 162 valence electrons. The lowest BCUT2D eigenvalue weighted by Gasteiger charge is -2.38. The molecule has 0 aromatic heterocycles. The van der Waals surface area contributed by atoms with E-state index in [-0.39, 0.29) is 28.0 Å². The summed E-state index contributed by atoms with van der Waals surface area (Å²) >= 11 is 12.4. The summed E-state index contributed by atoms with van der Waals surface area (Å²) < 4.78 is 40.3. The van der Waals surface area contributed by atoms with Gasteiger partial charge in [-0.05, 0) is 48.7 Å². The summed E-state index contributed by atoms with van der Waals surface area (Å²) in [5.41, 5.74) is -0.649. The zero-order valence-electron chi connectivity index (χ0n) is 16.1. The number of hydrazine groups is 1. The fraction of sp³-hybridized carbons (Fsp3) is 0.200. The van der Waals surface area contributed by atoms with E-state index in [1.54, 1.807) is 49.4 Å². The van der Waals surface area contributed by atoms with Crippen LogP contribution in [0.5, 0.6) is 0 Å². The fourth-order valence-electron chi connectivity index (χ4n) is 3.14. The van der Waals surface area contributed by atoms with Gasteiger partial charge in [-0.2, -0.15) is 18.4 Å². The van der Waals surface area contributed by atoms with Gasteiger partial charge in [0.2, 0.25) is 5.79 Å². The van der Waals surface area contributed by atoms with Crippen molar-refractivity contribution in [1.29, 1.82) is 5.26 Å². The van der Waals surface area contributed by atoms with E-state index in [2.05, 4.69) is 22.5 Å². The van der Waals surface area contributed by atoms with Gasteiger partial charge in [0.05, 0.1) is 20.6 Å². The second-order valence-corrected chi connectivity index (χ2v) is 8.45. The highest BCUT2D eigenvalue weighted by Gasteiger charge is 2.53. The summed E-state index contributed by atoms with van der Waals surface area (Å²) in [4.78, 5) is 3.60. The molecule has 1 heterocycles. The second-order valence-electron chi connectivity index (χ2n) is 6.56. The van der Waals surface area contributed by atoms with Gasteiger partial charge in [0.25, 0.3) is 0 Å². The van der Waals surface area contributed by atoms with E-state index in [1.807, 2.05) is 6.07 Å². The first kappa shape index (κ1) is 23.3. The fourth-order valence-corrected chi connectivity index (χ4v) is 4.70. The number of benzene rings is 2. The molecule has 0 spiro atoms. The molecule has 1 aliphatic heterocycles. The number of hydrogen-bond donors (Lipinski definition) is 2. The molecule has 0 radical (unpaired) electrons. The first-order valence-corrected chi connectivity index (χ1v) is 10.4. The van der Waals surface area contributed by atoms with Crippen LogP contribution in [0, 0.1) is 18.3 Å². The number of allylic oxidation sites excluding steroid dienone is 1. The van der Waals surface area contributed by atoms with Crippen LogP contribution in [0.3, 0.4) is 0 Å². The molecule has 2 N–H and O–H groups in total. The third-order valence-electron chi connectivity index (χ3n) is 4.42. The number of nitriles is 1. The Hall–Kier alpha value is -2.38. The summed E-state index contributed by atoms with van der Waals surface area (Å²) in [5, 5.41) is 14.1. The van der Waals surface area contributed by atoms with Crippen LogP contribution in [0.2, 0.25) is 10.0 Å². The molecule has 0 bridgehead atoms. The highest BCUT2D eigenvalue weighted by molar-refractivity contribution is 8.04. The molecule has 0 saturated carbocycles. The van der Waals surface area contributed by atoms with Gasteiger partial charge in [-0.15, -0.1) is 0 Å². The Morgan fingerprint density at radius 3 is 2.39 bits per heavy atom. The smallest absolute Gasteiger partial charge is 0.284 e. The molecule has 2 aromatic carbocycles. The third kappa shape index (κ3) is 4.77. The third-order valence-corrected chi connectivity index (χ3v) is 5.92. The zero-order chi connectivity index (χ0) is 22.8.